The van der Waals surface area contributed by atoms with Gasteiger partial charge in [-0.3, -0.25) is 14.9 Å². The van der Waals surface area contributed by atoms with E-state index in [9.17, 15) is 9.59 Å². The molecule has 0 saturated carbocycles. The van der Waals surface area contributed by atoms with Crippen LogP contribution >= 0.6 is 11.3 Å². The highest BCUT2D eigenvalue weighted by Crippen LogP contribution is 2.34. The molecule has 138 valence electrons. The number of nitrogens with one attached hydrogen (secondary N) is 2. The highest BCUT2D eigenvalue weighted by Gasteiger charge is 2.34. The molecule has 2 amide bonds. The number of H-pyrrole nitrogens is 1. The van der Waals surface area contributed by atoms with Crippen LogP contribution in [0.25, 0.3) is 11.3 Å². The molecule has 8 nitrogen and oxygen atoms in total. The van der Waals surface area contributed by atoms with Crippen LogP contribution in [0.15, 0.2) is 41.9 Å². The number of primary amides is 1. The molecule has 1 aliphatic heterocycles. The van der Waals surface area contributed by atoms with Gasteiger partial charge in [-0.25, -0.2) is 4.98 Å². The van der Waals surface area contributed by atoms with E-state index in [1.807, 2.05) is 12.1 Å². The Morgan fingerprint density at radius 2 is 2.00 bits per heavy atom. The van der Waals surface area contributed by atoms with Crippen molar-refractivity contribution in [1.82, 2.24) is 9.97 Å². The lowest BCUT2D eigenvalue weighted by Crippen LogP contribution is -2.46. The summed E-state index contributed by atoms with van der Waals surface area (Å²) in [6.07, 6.45) is 0.404. The summed E-state index contributed by atoms with van der Waals surface area (Å²) in [5.74, 6) is 0.253. The number of hydrogen-bond donors (Lipinski definition) is 3. The van der Waals surface area contributed by atoms with Crippen molar-refractivity contribution in [3.63, 3.8) is 0 Å². The summed E-state index contributed by atoms with van der Waals surface area (Å²) >= 11 is 1.27. The molecule has 0 fully saturated rings. The number of para-hydroxylation sites is 2. The van der Waals surface area contributed by atoms with Crippen LogP contribution in [0.4, 0.5) is 5.13 Å². The van der Waals surface area contributed by atoms with Gasteiger partial charge in [0.05, 0.1) is 5.69 Å². The molecule has 1 aliphatic rings. The lowest BCUT2D eigenvalue weighted by molar-refractivity contribution is -0.128. The number of aromatic amines is 1. The number of amides is 2. The Morgan fingerprint density at radius 3 is 2.70 bits per heavy atom. The maximum absolute atomic E-state index is 12.6. The lowest BCUT2D eigenvalue weighted by Gasteiger charge is -2.30. The average molecular weight is 384 g/mol. The predicted molar refractivity (Wildman–Crippen MR) is 100.0 cm³/mol. The molecular weight excluding hydrogens is 368 g/mol. The Bertz CT molecular complexity index is 1010. The Labute approximate surface area is 158 Å². The van der Waals surface area contributed by atoms with Gasteiger partial charge < -0.3 is 20.2 Å². The molecule has 9 heteroatoms. The quantitative estimate of drug-likeness (QED) is 0.638. The number of nitrogens with two attached hydrogens (primary N) is 1. The number of nitrogens with zero attached hydrogens (tertiary/aromatic N) is 1. The molecule has 1 aromatic carbocycles. The van der Waals surface area contributed by atoms with Crippen molar-refractivity contribution < 1.29 is 19.1 Å². The number of thiazole rings is 1. The standard InChI is InChI=1S/C18H16N4O4S/c1-9-15(26-14-5-3-2-4-13(14)25-9)17(24)22-18-21-12(8-27-18)10-6-11(16(19)23)20-7-10/h2-9,15,20H,1H3,(H2,19,23)(H,21,22,24)/t9-,15-/m0/s1. The Balaban J connectivity index is 1.47. The molecule has 2 aromatic heterocycles. The molecular formula is C18H16N4O4S. The van der Waals surface area contributed by atoms with E-state index in [1.165, 1.54) is 11.3 Å². The lowest BCUT2D eigenvalue weighted by atomic mass is 10.1. The number of aromatic nitrogens is 2. The van der Waals surface area contributed by atoms with Crippen LogP contribution in [0.1, 0.15) is 17.4 Å². The van der Waals surface area contributed by atoms with E-state index in [2.05, 4.69) is 15.3 Å². The van der Waals surface area contributed by atoms with Crippen molar-refractivity contribution in [3.05, 3.63) is 47.6 Å². The Morgan fingerprint density at radius 1 is 1.26 bits per heavy atom. The summed E-state index contributed by atoms with van der Waals surface area (Å²) in [6.45, 7) is 1.78. The second-order valence-corrected chi connectivity index (χ2v) is 6.86. The number of ether oxygens (including phenoxy) is 2. The van der Waals surface area contributed by atoms with Crippen LogP contribution in [0.3, 0.4) is 0 Å². The normalized spacial score (nSPS) is 18.1. The smallest absolute Gasteiger partial charge is 0.271 e. The van der Waals surface area contributed by atoms with E-state index in [0.29, 0.717) is 33.6 Å². The third-order valence-corrected chi connectivity index (χ3v) is 4.84. The van der Waals surface area contributed by atoms with Gasteiger partial charge in [-0.05, 0) is 25.1 Å². The molecule has 3 heterocycles. The summed E-state index contributed by atoms with van der Waals surface area (Å²) in [5, 5.41) is 4.96. The molecule has 2 atom stereocenters. The number of hydrogen-bond acceptors (Lipinski definition) is 6. The van der Waals surface area contributed by atoms with Crippen LogP contribution in [-0.2, 0) is 4.79 Å². The van der Waals surface area contributed by atoms with E-state index in [-0.39, 0.29) is 5.91 Å². The molecule has 3 aromatic rings. The molecule has 4 N–H and O–H groups in total. The van der Waals surface area contributed by atoms with Crippen LogP contribution in [-0.4, -0.2) is 34.0 Å². The monoisotopic (exact) mass is 384 g/mol. The maximum atomic E-state index is 12.6. The van der Waals surface area contributed by atoms with Crippen molar-refractivity contribution in [2.45, 2.75) is 19.1 Å². The van der Waals surface area contributed by atoms with Gasteiger partial charge in [0.15, 0.2) is 16.6 Å². The van der Waals surface area contributed by atoms with Crippen LogP contribution < -0.4 is 20.5 Å². The molecule has 0 unspecified atom stereocenters. The average Bonchev–Trinajstić information content (AvgIpc) is 3.30. The zero-order valence-electron chi connectivity index (χ0n) is 14.3. The minimum Gasteiger partial charge on any atom is -0.482 e. The number of carbonyl (C=O) groups excluding carboxylic acids is 2. The first-order valence-electron chi connectivity index (χ1n) is 8.18. The molecule has 0 spiro atoms. The molecule has 4 rings (SSSR count). The largest absolute Gasteiger partial charge is 0.482 e. The van der Waals surface area contributed by atoms with Gasteiger partial charge in [0.1, 0.15) is 11.8 Å². The van der Waals surface area contributed by atoms with Crippen molar-refractivity contribution in [2.75, 3.05) is 5.32 Å². The van der Waals surface area contributed by atoms with Gasteiger partial charge in [-0.2, -0.15) is 0 Å². The van der Waals surface area contributed by atoms with Crippen molar-refractivity contribution in [3.8, 4) is 22.8 Å². The highest BCUT2D eigenvalue weighted by atomic mass is 32.1. The highest BCUT2D eigenvalue weighted by molar-refractivity contribution is 7.14. The zero-order chi connectivity index (χ0) is 19.0. The van der Waals surface area contributed by atoms with Gasteiger partial charge in [0.2, 0.25) is 6.10 Å². The minimum absolute atomic E-state index is 0.295. The molecule has 0 saturated heterocycles. The van der Waals surface area contributed by atoms with Crippen LogP contribution in [0, 0.1) is 0 Å². The molecule has 0 aliphatic carbocycles. The first-order chi connectivity index (χ1) is 13.0. The number of carbonyl (C=O) groups is 2. The predicted octanol–water partition coefficient (Wildman–Crippen LogP) is 2.40. The number of benzene rings is 1. The van der Waals surface area contributed by atoms with Crippen molar-refractivity contribution in [1.29, 1.82) is 0 Å². The Hall–Kier alpha value is -3.33. The van der Waals surface area contributed by atoms with Gasteiger partial charge in [-0.15, -0.1) is 11.3 Å². The summed E-state index contributed by atoms with van der Waals surface area (Å²) in [6, 6.07) is 8.82. The first-order valence-corrected chi connectivity index (χ1v) is 9.06. The van der Waals surface area contributed by atoms with Gasteiger partial charge in [0.25, 0.3) is 11.8 Å². The summed E-state index contributed by atoms with van der Waals surface area (Å²) < 4.78 is 11.5. The van der Waals surface area contributed by atoms with Crippen molar-refractivity contribution >= 4 is 28.3 Å². The fourth-order valence-electron chi connectivity index (χ4n) is 2.73. The van der Waals surface area contributed by atoms with E-state index in [1.54, 1.807) is 36.7 Å². The minimum atomic E-state index is -0.791. The molecule has 0 bridgehead atoms. The second kappa shape index (κ2) is 6.76. The van der Waals surface area contributed by atoms with Crippen LogP contribution in [0.5, 0.6) is 11.5 Å². The zero-order valence-corrected chi connectivity index (χ0v) is 15.1. The molecule has 0 radical (unpaired) electrons. The van der Waals surface area contributed by atoms with E-state index in [0.717, 1.165) is 0 Å². The third-order valence-electron chi connectivity index (χ3n) is 4.08. The summed E-state index contributed by atoms with van der Waals surface area (Å²) in [7, 11) is 0. The van der Waals surface area contributed by atoms with Gasteiger partial charge in [-0.1, -0.05) is 12.1 Å². The van der Waals surface area contributed by atoms with E-state index >= 15 is 0 Å². The molecule has 27 heavy (non-hydrogen) atoms. The topological polar surface area (TPSA) is 119 Å². The summed E-state index contributed by atoms with van der Waals surface area (Å²) in [5.41, 5.74) is 6.86. The Kier molecular flexibility index (Phi) is 4.28. The van der Waals surface area contributed by atoms with Gasteiger partial charge >= 0.3 is 0 Å². The van der Waals surface area contributed by atoms with E-state index < -0.39 is 18.1 Å². The summed E-state index contributed by atoms with van der Waals surface area (Å²) in [4.78, 5) is 31.0. The number of anilines is 1. The van der Waals surface area contributed by atoms with E-state index in [4.69, 9.17) is 15.2 Å². The number of rotatable bonds is 4. The fraction of sp³-hybridized carbons (Fsp3) is 0.167. The fourth-order valence-corrected chi connectivity index (χ4v) is 3.45. The van der Waals surface area contributed by atoms with Gasteiger partial charge in [0, 0.05) is 17.1 Å². The van der Waals surface area contributed by atoms with Crippen LogP contribution in [0.2, 0.25) is 0 Å². The maximum Gasteiger partial charge on any atom is 0.271 e. The number of fused-ring (bicyclic) bond motifs is 1. The first kappa shape index (κ1) is 17.1. The van der Waals surface area contributed by atoms with Crippen molar-refractivity contribution in [2.24, 2.45) is 5.73 Å². The second-order valence-electron chi connectivity index (χ2n) is 6.00. The third kappa shape index (κ3) is 3.36. The SMILES string of the molecule is C[C@@H]1Oc2ccccc2O[C@@H]1C(=O)Nc1nc(-c2c[nH]c(C(N)=O)c2)cs1.